The summed E-state index contributed by atoms with van der Waals surface area (Å²) >= 11 is 6.69. The van der Waals surface area contributed by atoms with Gasteiger partial charge in [0.2, 0.25) is 5.90 Å². The fourth-order valence-electron chi connectivity index (χ4n) is 4.85. The number of ether oxygens (including phenoxy) is 1. The Bertz CT molecular complexity index is 1520. The number of allylic oxidation sites excluding steroid dienone is 1. The molecule has 42 heavy (non-hydrogen) atoms. The molecule has 0 radical (unpaired) electrons. The van der Waals surface area contributed by atoms with Crippen LogP contribution in [-0.2, 0) is 9.53 Å². The first-order chi connectivity index (χ1) is 20.3. The van der Waals surface area contributed by atoms with E-state index in [4.69, 9.17) is 21.3 Å². The van der Waals surface area contributed by atoms with Gasteiger partial charge in [0.15, 0.2) is 0 Å². The molecule has 2 aliphatic rings. The van der Waals surface area contributed by atoms with Gasteiger partial charge in [-0.1, -0.05) is 36.2 Å². The number of carbonyl (C=O) groups is 1. The van der Waals surface area contributed by atoms with E-state index in [9.17, 15) is 4.79 Å². The summed E-state index contributed by atoms with van der Waals surface area (Å²) in [5.41, 5.74) is 4.61. The second-order valence-corrected chi connectivity index (χ2v) is 10.3. The maximum atomic E-state index is 13.7. The smallest absolute Gasteiger partial charge is 0.260 e. The highest BCUT2D eigenvalue weighted by molar-refractivity contribution is 6.37. The Balaban J connectivity index is 1.55. The van der Waals surface area contributed by atoms with E-state index in [1.54, 1.807) is 31.0 Å². The highest BCUT2D eigenvalue weighted by Crippen LogP contribution is 2.32. The summed E-state index contributed by atoms with van der Waals surface area (Å²) in [7, 11) is 3.77. The molecule has 0 aliphatic carbocycles. The van der Waals surface area contributed by atoms with Crippen molar-refractivity contribution in [1.82, 2.24) is 9.80 Å². The van der Waals surface area contributed by atoms with Gasteiger partial charge in [0.25, 0.3) is 5.91 Å². The molecule has 0 unspecified atom stereocenters. The first-order valence-electron chi connectivity index (χ1n) is 13.9. The number of likely N-dealkylation sites (N-methyl/N-ethyl adjacent to an activating group) is 2. The van der Waals surface area contributed by atoms with Crippen LogP contribution in [0.15, 0.2) is 82.6 Å². The van der Waals surface area contributed by atoms with Crippen LogP contribution < -0.4 is 10.2 Å². The molecule has 9 heteroatoms. The molecule has 0 saturated carbocycles. The zero-order valence-corrected chi connectivity index (χ0v) is 25.6. The molecule has 218 valence electrons. The van der Waals surface area contributed by atoms with E-state index in [0.717, 1.165) is 37.4 Å². The lowest BCUT2D eigenvalue weighted by Gasteiger charge is -2.34. The number of halogens is 1. The van der Waals surface area contributed by atoms with Crippen molar-refractivity contribution in [1.29, 1.82) is 0 Å². The Hall–Kier alpha value is -4.32. The van der Waals surface area contributed by atoms with Crippen molar-refractivity contribution in [3.05, 3.63) is 88.7 Å². The van der Waals surface area contributed by atoms with Gasteiger partial charge in [-0.3, -0.25) is 14.7 Å². The number of hydrogen-bond acceptors (Lipinski definition) is 7. The third-order valence-electron chi connectivity index (χ3n) is 7.14. The Morgan fingerprint density at radius 1 is 1.17 bits per heavy atom. The molecule has 1 saturated heterocycles. The number of hydrogen-bond donors (Lipinski definition) is 1. The number of piperazine rings is 1. The number of amidine groups is 1. The lowest BCUT2D eigenvalue weighted by atomic mass is 9.95. The number of benzene rings is 2. The number of nitrogens with one attached hydrogen (secondary N) is 1. The van der Waals surface area contributed by atoms with E-state index >= 15 is 0 Å². The van der Waals surface area contributed by atoms with Crippen molar-refractivity contribution in [2.75, 3.05) is 57.0 Å². The van der Waals surface area contributed by atoms with E-state index in [1.807, 2.05) is 44.2 Å². The molecule has 4 rings (SSSR count). The first kappa shape index (κ1) is 30.6. The number of aliphatic imine (C=N–C) groups is 2. The van der Waals surface area contributed by atoms with E-state index in [-0.39, 0.29) is 5.91 Å². The molecule has 0 spiro atoms. The predicted molar refractivity (Wildman–Crippen MR) is 174 cm³/mol. The van der Waals surface area contributed by atoms with Crippen LogP contribution in [0.1, 0.15) is 31.9 Å². The predicted octanol–water partition coefficient (Wildman–Crippen LogP) is 5.64. The van der Waals surface area contributed by atoms with Crippen LogP contribution in [0.3, 0.4) is 0 Å². The van der Waals surface area contributed by atoms with Gasteiger partial charge in [0.05, 0.1) is 0 Å². The summed E-state index contributed by atoms with van der Waals surface area (Å²) in [4.78, 5) is 29.0. The van der Waals surface area contributed by atoms with Crippen LogP contribution in [0.25, 0.3) is 5.57 Å². The van der Waals surface area contributed by atoms with Gasteiger partial charge in [-0.15, -0.1) is 0 Å². The van der Waals surface area contributed by atoms with Crippen molar-refractivity contribution < 1.29 is 9.53 Å². The van der Waals surface area contributed by atoms with Crippen molar-refractivity contribution >= 4 is 46.2 Å². The molecule has 2 aromatic carbocycles. The number of anilines is 2. The van der Waals surface area contributed by atoms with E-state index in [0.29, 0.717) is 45.8 Å². The molecule has 2 aliphatic heterocycles. The number of rotatable bonds is 7. The molecule has 0 aromatic heterocycles. The third-order valence-corrected chi connectivity index (χ3v) is 7.45. The van der Waals surface area contributed by atoms with E-state index < -0.39 is 0 Å². The molecule has 1 fully saturated rings. The molecule has 8 nitrogen and oxygen atoms in total. The van der Waals surface area contributed by atoms with Gasteiger partial charge >= 0.3 is 0 Å². The topological polar surface area (TPSA) is 72.8 Å². The van der Waals surface area contributed by atoms with Crippen molar-refractivity contribution in [3.8, 4) is 12.0 Å². The van der Waals surface area contributed by atoms with Crippen LogP contribution in [0.4, 0.5) is 11.4 Å². The third kappa shape index (κ3) is 6.93. The van der Waals surface area contributed by atoms with Crippen LogP contribution >= 0.6 is 11.6 Å². The number of nitrogens with zero attached hydrogens (tertiary/aromatic N) is 5. The minimum absolute atomic E-state index is 0.196. The second-order valence-electron chi connectivity index (χ2n) is 9.87. The number of carbonyl (C=O) groups excluding carboxylic acids is 1. The zero-order valence-electron chi connectivity index (χ0n) is 24.9. The maximum Gasteiger partial charge on any atom is 0.260 e. The van der Waals surface area contributed by atoms with Gasteiger partial charge in [-0.05, 0) is 63.4 Å². The summed E-state index contributed by atoms with van der Waals surface area (Å²) in [5.74, 6) is 3.79. The zero-order chi connectivity index (χ0) is 30.2. The molecule has 0 atom stereocenters. The standard InChI is InChI=1S/C33H37ClN6O2/c1-7-20-42-32(35-5)25-10-15-28(30(34)22-25)29-21-24(8-2)31(40(9-3)33(29)41)37-23(4)36-26-11-13-27(14-12-26)39-18-16-38(6)17-19-39/h8,10-15,21-22,36H,4,9,16-19H2,1-3,5-6H3/b24-8-,35-32?,37-31+. The van der Waals surface area contributed by atoms with E-state index in [2.05, 4.69) is 57.9 Å². The molecule has 2 heterocycles. The molecule has 0 bridgehead atoms. The SMILES string of the molecule is C=C(/N=C1\C(=C/C)C=C(c2ccc(C(=NC)OC#CC)cc2Cl)C(=O)N1CC)Nc1ccc(N2CCN(C)CC2)cc1. The highest BCUT2D eigenvalue weighted by Gasteiger charge is 2.31. The van der Waals surface area contributed by atoms with Crippen molar-refractivity contribution in [2.45, 2.75) is 20.8 Å². The van der Waals surface area contributed by atoms with Gasteiger partial charge in [-0.2, -0.15) is 0 Å². The van der Waals surface area contributed by atoms with Crippen molar-refractivity contribution in [2.24, 2.45) is 9.98 Å². The largest absolute Gasteiger partial charge is 0.387 e. The maximum absolute atomic E-state index is 13.7. The Morgan fingerprint density at radius 3 is 2.48 bits per heavy atom. The Kier molecular flexibility index (Phi) is 10.2. The fourth-order valence-corrected chi connectivity index (χ4v) is 5.13. The Morgan fingerprint density at radius 2 is 1.88 bits per heavy atom. The molecular formula is C33H37ClN6O2. The van der Waals surface area contributed by atoms with Crippen LogP contribution in [-0.4, -0.2) is 74.3 Å². The Labute approximate surface area is 253 Å². The minimum Gasteiger partial charge on any atom is -0.387 e. The summed E-state index contributed by atoms with van der Waals surface area (Å²) in [6.45, 7) is 14.2. The lowest BCUT2D eigenvalue weighted by Crippen LogP contribution is -2.44. The second kappa shape index (κ2) is 14.0. The van der Waals surface area contributed by atoms with Gasteiger partial charge < -0.3 is 19.9 Å². The average molecular weight is 585 g/mol. The van der Waals surface area contributed by atoms with E-state index in [1.165, 1.54) is 5.69 Å². The molecule has 1 amide bonds. The van der Waals surface area contributed by atoms with Crippen molar-refractivity contribution in [3.63, 3.8) is 0 Å². The average Bonchev–Trinajstić information content (AvgIpc) is 2.99. The normalized spacial score (nSPS) is 18.1. The summed E-state index contributed by atoms with van der Waals surface area (Å²) < 4.78 is 5.39. The summed E-state index contributed by atoms with van der Waals surface area (Å²) in [6.07, 6.45) is 6.29. The monoisotopic (exact) mass is 584 g/mol. The summed E-state index contributed by atoms with van der Waals surface area (Å²) in [6, 6.07) is 13.6. The van der Waals surface area contributed by atoms with Gasteiger partial charge in [0, 0.05) is 85.4 Å². The molecular weight excluding hydrogens is 548 g/mol. The van der Waals surface area contributed by atoms with Gasteiger partial charge in [0.1, 0.15) is 17.8 Å². The van der Waals surface area contributed by atoms with Crippen LogP contribution in [0.2, 0.25) is 5.02 Å². The highest BCUT2D eigenvalue weighted by atomic mass is 35.5. The van der Waals surface area contributed by atoms with Gasteiger partial charge in [-0.25, -0.2) is 4.99 Å². The summed E-state index contributed by atoms with van der Waals surface area (Å²) in [5, 5.41) is 3.67. The lowest BCUT2D eigenvalue weighted by molar-refractivity contribution is -0.121. The number of amides is 1. The molecule has 1 N–H and O–H groups in total. The minimum atomic E-state index is -0.196. The first-order valence-corrected chi connectivity index (χ1v) is 14.3. The van der Waals surface area contributed by atoms with Crippen LogP contribution in [0.5, 0.6) is 0 Å². The van der Waals surface area contributed by atoms with Crippen LogP contribution in [0, 0.1) is 12.0 Å². The quantitative estimate of drug-likeness (QED) is 0.259. The molecule has 2 aromatic rings. The fraction of sp³-hybridized carbons (Fsp3) is 0.303.